The van der Waals surface area contributed by atoms with Crippen LogP contribution in [0.15, 0.2) is 69.8 Å². The van der Waals surface area contributed by atoms with E-state index in [9.17, 15) is 25.7 Å². The van der Waals surface area contributed by atoms with Gasteiger partial charge in [-0.3, -0.25) is 0 Å². The third-order valence-electron chi connectivity index (χ3n) is 5.53. The zero-order chi connectivity index (χ0) is 22.1. The zero-order valence-corrected chi connectivity index (χ0v) is 17.2. The van der Waals surface area contributed by atoms with Crippen LogP contribution in [-0.2, 0) is 4.74 Å². The van der Waals surface area contributed by atoms with Gasteiger partial charge in [0.05, 0.1) is 35.5 Å². The molecule has 31 heavy (non-hydrogen) atoms. The Balaban J connectivity index is 1.86. The van der Waals surface area contributed by atoms with Crippen molar-refractivity contribution >= 4 is 18.3 Å². The van der Waals surface area contributed by atoms with Crippen molar-refractivity contribution in [3.63, 3.8) is 0 Å². The number of hydrogen-bond acceptors (Lipinski definition) is 9. The SMILES string of the molecule is N#CC1=C(S)N([C@H]2O[C@@H](CO)[C@@H](O)[C@@H](O)[C@H]2O)C(c2ccccc2)=C[C@H]1c1ccco1. The predicted molar refractivity (Wildman–Crippen MR) is 113 cm³/mol. The number of rotatable bonds is 4. The van der Waals surface area contributed by atoms with Crippen LogP contribution in [0.4, 0.5) is 0 Å². The average Bonchev–Trinajstić information content (AvgIpc) is 3.33. The van der Waals surface area contributed by atoms with Crippen LogP contribution in [0, 0.1) is 11.3 Å². The summed E-state index contributed by atoms with van der Waals surface area (Å²) in [5.41, 5.74) is 1.57. The van der Waals surface area contributed by atoms with Gasteiger partial charge in [0.25, 0.3) is 0 Å². The monoisotopic (exact) mass is 442 g/mol. The molecule has 0 radical (unpaired) electrons. The Bertz CT molecular complexity index is 1010. The van der Waals surface area contributed by atoms with Crippen molar-refractivity contribution in [1.82, 2.24) is 4.90 Å². The van der Waals surface area contributed by atoms with Gasteiger partial charge >= 0.3 is 0 Å². The van der Waals surface area contributed by atoms with Gasteiger partial charge in [-0.05, 0) is 23.8 Å². The van der Waals surface area contributed by atoms with Crippen molar-refractivity contribution in [3.8, 4) is 6.07 Å². The maximum absolute atomic E-state index is 10.7. The molecule has 1 fully saturated rings. The molecule has 6 atom stereocenters. The highest BCUT2D eigenvalue weighted by Gasteiger charge is 2.48. The van der Waals surface area contributed by atoms with Gasteiger partial charge in [0.15, 0.2) is 6.23 Å². The van der Waals surface area contributed by atoms with Crippen molar-refractivity contribution in [2.45, 2.75) is 36.6 Å². The Morgan fingerprint density at radius 1 is 1.03 bits per heavy atom. The van der Waals surface area contributed by atoms with Gasteiger partial charge in [-0.1, -0.05) is 30.3 Å². The molecule has 2 aliphatic rings. The van der Waals surface area contributed by atoms with Crippen LogP contribution < -0.4 is 0 Å². The minimum Gasteiger partial charge on any atom is -0.468 e. The van der Waals surface area contributed by atoms with Crippen LogP contribution >= 0.6 is 12.6 Å². The van der Waals surface area contributed by atoms with E-state index in [1.807, 2.05) is 30.3 Å². The average molecular weight is 442 g/mol. The standard InChI is InChI=1S/C22H22N2O6S/c23-10-14-13(16-7-4-8-29-16)9-15(12-5-2-1-3-6-12)24(22(14)31)21-20(28)19(27)18(26)17(11-25)30-21/h1-9,13,17-21,25-28,31H,11H2/t13-,17+,18-,19-,20-,21+/m1/s1. The van der Waals surface area contributed by atoms with Crippen molar-refractivity contribution in [2.24, 2.45) is 0 Å². The van der Waals surface area contributed by atoms with Gasteiger partial charge in [-0.2, -0.15) is 5.26 Å². The van der Waals surface area contributed by atoms with Crippen molar-refractivity contribution in [3.05, 3.63) is 76.7 Å². The summed E-state index contributed by atoms with van der Waals surface area (Å²) in [5.74, 6) is 0.0221. The number of hydrogen-bond donors (Lipinski definition) is 5. The minimum absolute atomic E-state index is 0.203. The lowest BCUT2D eigenvalue weighted by Crippen LogP contribution is -2.62. The number of ether oxygens (including phenoxy) is 1. The first-order valence-electron chi connectivity index (χ1n) is 9.71. The first-order chi connectivity index (χ1) is 15.0. The normalized spacial score (nSPS) is 31.4. The van der Waals surface area contributed by atoms with Gasteiger partial charge in [0.1, 0.15) is 30.2 Å². The summed E-state index contributed by atoms with van der Waals surface area (Å²) in [6.07, 6.45) is -3.60. The molecule has 0 unspecified atom stereocenters. The quantitative estimate of drug-likeness (QED) is 0.447. The number of aliphatic hydroxyl groups is 4. The molecule has 0 spiro atoms. The molecular formula is C22H22N2O6S. The first kappa shape index (κ1) is 21.6. The van der Waals surface area contributed by atoms with Gasteiger partial charge in [0.2, 0.25) is 0 Å². The second-order valence-corrected chi connectivity index (χ2v) is 7.77. The number of nitrogens with zero attached hydrogens (tertiary/aromatic N) is 2. The fraction of sp³-hybridized carbons (Fsp3) is 0.318. The topological polar surface area (TPSA) is 130 Å². The number of nitriles is 1. The highest BCUT2D eigenvalue weighted by molar-refractivity contribution is 7.84. The second-order valence-electron chi connectivity index (χ2n) is 7.35. The summed E-state index contributed by atoms with van der Waals surface area (Å²) in [6.45, 7) is -0.564. The summed E-state index contributed by atoms with van der Waals surface area (Å²) in [6, 6.07) is 14.9. The smallest absolute Gasteiger partial charge is 0.164 e. The lowest BCUT2D eigenvalue weighted by atomic mass is 9.90. The summed E-state index contributed by atoms with van der Waals surface area (Å²) in [7, 11) is 0. The van der Waals surface area contributed by atoms with Crippen molar-refractivity contribution in [2.75, 3.05) is 6.61 Å². The second kappa shape index (κ2) is 8.88. The molecular weight excluding hydrogens is 420 g/mol. The maximum atomic E-state index is 10.7. The molecule has 0 bridgehead atoms. The molecule has 3 heterocycles. The lowest BCUT2D eigenvalue weighted by molar-refractivity contribution is -0.252. The first-order valence-corrected chi connectivity index (χ1v) is 10.2. The molecule has 162 valence electrons. The molecule has 8 nitrogen and oxygen atoms in total. The van der Waals surface area contributed by atoms with E-state index < -0.39 is 43.2 Å². The van der Waals surface area contributed by atoms with E-state index in [2.05, 4.69) is 18.7 Å². The Morgan fingerprint density at radius 3 is 2.39 bits per heavy atom. The Hall–Kier alpha value is -2.58. The summed E-state index contributed by atoms with van der Waals surface area (Å²) in [4.78, 5) is 1.50. The largest absolute Gasteiger partial charge is 0.468 e. The lowest BCUT2D eigenvalue weighted by Gasteiger charge is -2.47. The summed E-state index contributed by atoms with van der Waals surface area (Å²) < 4.78 is 11.3. The van der Waals surface area contributed by atoms with Gasteiger partial charge in [0, 0.05) is 5.70 Å². The van der Waals surface area contributed by atoms with Crippen LogP contribution in [0.25, 0.3) is 5.70 Å². The van der Waals surface area contributed by atoms with E-state index in [0.29, 0.717) is 11.5 Å². The Morgan fingerprint density at radius 2 is 1.77 bits per heavy atom. The summed E-state index contributed by atoms with van der Waals surface area (Å²) in [5, 5.41) is 50.9. The highest BCUT2D eigenvalue weighted by Crippen LogP contribution is 2.44. The highest BCUT2D eigenvalue weighted by atomic mass is 32.1. The summed E-state index contributed by atoms with van der Waals surface area (Å²) >= 11 is 4.60. The van der Waals surface area contributed by atoms with E-state index in [-0.39, 0.29) is 10.6 Å². The number of furan rings is 1. The van der Waals surface area contributed by atoms with Crippen LogP contribution in [0.5, 0.6) is 0 Å². The van der Waals surface area contributed by atoms with Gasteiger partial charge in [-0.15, -0.1) is 12.6 Å². The molecule has 0 saturated carbocycles. The molecule has 4 N–H and O–H groups in total. The van der Waals surface area contributed by atoms with E-state index >= 15 is 0 Å². The van der Waals surface area contributed by atoms with E-state index in [1.165, 1.54) is 11.2 Å². The molecule has 4 rings (SSSR count). The van der Waals surface area contributed by atoms with Crippen LogP contribution in [0.1, 0.15) is 17.2 Å². The van der Waals surface area contributed by atoms with Crippen LogP contribution in [0.2, 0.25) is 0 Å². The van der Waals surface area contributed by atoms with E-state index in [0.717, 1.165) is 5.56 Å². The van der Waals surface area contributed by atoms with E-state index in [1.54, 1.807) is 18.2 Å². The van der Waals surface area contributed by atoms with Crippen LogP contribution in [0.3, 0.4) is 0 Å². The van der Waals surface area contributed by atoms with E-state index in [4.69, 9.17) is 9.15 Å². The third kappa shape index (κ3) is 3.78. The molecule has 2 aromatic rings. The number of allylic oxidation sites excluding steroid dienone is 2. The minimum atomic E-state index is -1.57. The molecule has 1 aromatic carbocycles. The number of benzene rings is 1. The zero-order valence-electron chi connectivity index (χ0n) is 16.3. The van der Waals surface area contributed by atoms with Crippen molar-refractivity contribution < 1.29 is 29.6 Å². The van der Waals surface area contributed by atoms with Crippen molar-refractivity contribution in [1.29, 1.82) is 5.26 Å². The maximum Gasteiger partial charge on any atom is 0.164 e. The third-order valence-corrected chi connectivity index (χ3v) is 5.98. The molecule has 1 saturated heterocycles. The Kier molecular flexibility index (Phi) is 6.20. The van der Waals surface area contributed by atoms with Gasteiger partial charge in [-0.25, -0.2) is 0 Å². The number of aliphatic hydroxyl groups excluding tert-OH is 4. The molecule has 0 aliphatic carbocycles. The fourth-order valence-electron chi connectivity index (χ4n) is 3.91. The molecule has 9 heteroatoms. The molecule has 1 aromatic heterocycles. The molecule has 0 amide bonds. The molecule has 2 aliphatic heterocycles. The van der Waals surface area contributed by atoms with Gasteiger partial charge < -0.3 is 34.5 Å². The number of thiol groups is 1. The Labute approximate surface area is 184 Å². The predicted octanol–water partition coefficient (Wildman–Crippen LogP) is 1.18. The van der Waals surface area contributed by atoms with Crippen LogP contribution in [-0.4, -0.2) is 62.6 Å². The fourth-order valence-corrected chi connectivity index (χ4v) is 4.32.